The van der Waals surface area contributed by atoms with Crippen LogP contribution in [-0.4, -0.2) is 35.2 Å². The number of nitrogens with zero attached hydrogens (tertiary/aromatic N) is 4. The van der Waals surface area contributed by atoms with Crippen molar-refractivity contribution in [3.63, 3.8) is 0 Å². The van der Waals surface area contributed by atoms with Crippen molar-refractivity contribution < 1.29 is 5.11 Å². The van der Waals surface area contributed by atoms with E-state index in [1.165, 1.54) is 6.20 Å². The molecule has 0 spiro atoms. The molecule has 0 bridgehead atoms. The summed E-state index contributed by atoms with van der Waals surface area (Å²) in [4.78, 5) is 16.8. The van der Waals surface area contributed by atoms with Crippen molar-refractivity contribution in [1.29, 1.82) is 0 Å². The molecule has 148 valence electrons. The molecule has 7 nitrogen and oxygen atoms in total. The van der Waals surface area contributed by atoms with Gasteiger partial charge in [-0.3, -0.25) is 15.1 Å². The minimum absolute atomic E-state index is 0.101. The van der Waals surface area contributed by atoms with Gasteiger partial charge in [-0.25, -0.2) is 4.98 Å². The van der Waals surface area contributed by atoms with Gasteiger partial charge in [0.05, 0.1) is 28.8 Å². The monoisotopic (exact) mass is 404 g/mol. The van der Waals surface area contributed by atoms with E-state index in [4.69, 9.17) is 4.98 Å². The van der Waals surface area contributed by atoms with Gasteiger partial charge in [0, 0.05) is 34.4 Å². The number of hydrogen-bond donors (Lipinski definition) is 3. The van der Waals surface area contributed by atoms with Crippen molar-refractivity contribution in [1.82, 2.24) is 30.1 Å². The quantitative estimate of drug-likeness (QED) is 0.388. The smallest absolute Gasteiger partial charge is 0.135 e. The second-order valence-corrected chi connectivity index (χ2v) is 7.26. The summed E-state index contributed by atoms with van der Waals surface area (Å²) in [6.45, 7) is 0. The number of hydrogen-bond acceptors (Lipinski definition) is 5. The maximum Gasteiger partial charge on any atom is 0.135 e. The third-order valence-corrected chi connectivity index (χ3v) is 5.29. The van der Waals surface area contributed by atoms with E-state index in [-0.39, 0.29) is 5.75 Å². The van der Waals surface area contributed by atoms with Gasteiger partial charge in [0.2, 0.25) is 0 Å². The molecule has 31 heavy (non-hydrogen) atoms. The molecule has 0 amide bonds. The van der Waals surface area contributed by atoms with E-state index in [1.54, 1.807) is 18.5 Å². The highest BCUT2D eigenvalue weighted by Gasteiger charge is 2.15. The molecule has 6 aromatic rings. The van der Waals surface area contributed by atoms with Crippen LogP contribution in [-0.2, 0) is 0 Å². The standard InChI is InChI=1S/C24H16N6O/c31-15-10-14(12-25-13-15)18-7-8-21-23(28-18)24(30-29-21)22-11-17-16(4-3-6-20(17)27-22)19-5-1-2-9-26-19/h1-13,27,31H,(H,29,30). The molecule has 5 aromatic heterocycles. The fourth-order valence-electron chi connectivity index (χ4n) is 3.84. The van der Waals surface area contributed by atoms with Crippen LogP contribution in [0.5, 0.6) is 5.75 Å². The highest BCUT2D eigenvalue weighted by molar-refractivity contribution is 6.00. The summed E-state index contributed by atoms with van der Waals surface area (Å²) < 4.78 is 0. The van der Waals surface area contributed by atoms with Crippen LogP contribution in [0.1, 0.15) is 0 Å². The van der Waals surface area contributed by atoms with Crippen molar-refractivity contribution in [3.05, 3.63) is 79.3 Å². The molecule has 0 fully saturated rings. The van der Waals surface area contributed by atoms with Crippen LogP contribution < -0.4 is 0 Å². The number of aromatic amines is 2. The van der Waals surface area contributed by atoms with Crippen LogP contribution in [0.4, 0.5) is 0 Å². The van der Waals surface area contributed by atoms with Gasteiger partial charge in [-0.2, -0.15) is 5.10 Å². The van der Waals surface area contributed by atoms with Crippen LogP contribution in [0.3, 0.4) is 0 Å². The van der Waals surface area contributed by atoms with Gasteiger partial charge in [-0.1, -0.05) is 18.2 Å². The zero-order valence-electron chi connectivity index (χ0n) is 16.2. The molecule has 6 rings (SSSR count). The largest absolute Gasteiger partial charge is 0.506 e. The predicted octanol–water partition coefficient (Wildman–Crippen LogP) is 4.94. The molecule has 0 aliphatic rings. The molecular formula is C24H16N6O. The summed E-state index contributed by atoms with van der Waals surface area (Å²) in [6.07, 6.45) is 4.87. The number of pyridine rings is 3. The second kappa shape index (κ2) is 6.77. The van der Waals surface area contributed by atoms with Crippen LogP contribution in [0.15, 0.2) is 79.3 Å². The topological polar surface area (TPSA) is 103 Å². The molecule has 0 saturated heterocycles. The van der Waals surface area contributed by atoms with Crippen LogP contribution >= 0.6 is 0 Å². The van der Waals surface area contributed by atoms with Crippen molar-refractivity contribution in [2.75, 3.05) is 0 Å². The van der Waals surface area contributed by atoms with Crippen molar-refractivity contribution >= 4 is 21.9 Å². The Hall–Kier alpha value is -4.52. The first kappa shape index (κ1) is 17.3. The SMILES string of the molecule is Oc1cncc(-c2ccc3[nH]nc(-c4cc5c(-c6ccccn6)cccc5[nH]4)c3n2)c1. The molecule has 0 unspecified atom stereocenters. The van der Waals surface area contributed by atoms with Crippen LogP contribution in [0, 0.1) is 0 Å². The first-order valence-corrected chi connectivity index (χ1v) is 9.79. The minimum Gasteiger partial charge on any atom is -0.506 e. The average molecular weight is 404 g/mol. The van der Waals surface area contributed by atoms with Crippen molar-refractivity contribution in [2.24, 2.45) is 0 Å². The van der Waals surface area contributed by atoms with E-state index in [0.717, 1.165) is 50.1 Å². The van der Waals surface area contributed by atoms with Gasteiger partial charge in [-0.15, -0.1) is 0 Å². The lowest BCUT2D eigenvalue weighted by molar-refractivity contribution is 0.473. The fraction of sp³-hybridized carbons (Fsp3) is 0. The number of fused-ring (bicyclic) bond motifs is 2. The highest BCUT2D eigenvalue weighted by atomic mass is 16.3. The van der Waals surface area contributed by atoms with E-state index in [2.05, 4.69) is 37.3 Å². The number of nitrogens with one attached hydrogen (secondary N) is 2. The van der Waals surface area contributed by atoms with Crippen molar-refractivity contribution in [2.45, 2.75) is 0 Å². The summed E-state index contributed by atoms with van der Waals surface area (Å²) in [5.74, 6) is 0.101. The van der Waals surface area contributed by atoms with Gasteiger partial charge >= 0.3 is 0 Å². The van der Waals surface area contributed by atoms with E-state index in [9.17, 15) is 5.11 Å². The number of benzene rings is 1. The maximum atomic E-state index is 9.76. The molecule has 3 N–H and O–H groups in total. The van der Waals surface area contributed by atoms with E-state index >= 15 is 0 Å². The molecule has 0 atom stereocenters. The second-order valence-electron chi connectivity index (χ2n) is 7.26. The molecule has 0 aliphatic heterocycles. The van der Waals surface area contributed by atoms with Crippen molar-refractivity contribution in [3.8, 4) is 39.7 Å². The van der Waals surface area contributed by atoms with E-state index in [0.29, 0.717) is 5.69 Å². The highest BCUT2D eigenvalue weighted by Crippen LogP contribution is 2.33. The lowest BCUT2D eigenvalue weighted by Crippen LogP contribution is -1.86. The molecule has 0 saturated carbocycles. The zero-order chi connectivity index (χ0) is 20.8. The number of rotatable bonds is 3. The van der Waals surface area contributed by atoms with Gasteiger partial charge in [0.25, 0.3) is 0 Å². The Morgan fingerprint density at radius 3 is 2.68 bits per heavy atom. The first-order chi connectivity index (χ1) is 15.3. The Morgan fingerprint density at radius 2 is 1.81 bits per heavy atom. The van der Waals surface area contributed by atoms with Gasteiger partial charge in [0.1, 0.15) is 17.0 Å². The van der Waals surface area contributed by atoms with Crippen LogP contribution in [0.25, 0.3) is 55.8 Å². The summed E-state index contributed by atoms with van der Waals surface area (Å²) in [5.41, 5.74) is 7.59. The molecule has 1 aromatic carbocycles. The maximum absolute atomic E-state index is 9.76. The van der Waals surface area contributed by atoms with E-state index in [1.807, 2.05) is 42.5 Å². The Bertz CT molecular complexity index is 1550. The third-order valence-electron chi connectivity index (χ3n) is 5.29. The molecular weight excluding hydrogens is 388 g/mol. The summed E-state index contributed by atoms with van der Waals surface area (Å²) in [7, 11) is 0. The molecule has 0 radical (unpaired) electrons. The number of H-pyrrole nitrogens is 2. The minimum atomic E-state index is 0.101. The van der Waals surface area contributed by atoms with Gasteiger partial charge in [-0.05, 0) is 42.5 Å². The Labute approximate surface area is 176 Å². The fourth-order valence-corrected chi connectivity index (χ4v) is 3.84. The Morgan fingerprint density at radius 1 is 0.839 bits per heavy atom. The molecule has 0 aliphatic carbocycles. The van der Waals surface area contributed by atoms with E-state index < -0.39 is 0 Å². The van der Waals surface area contributed by atoms with Gasteiger partial charge in [0.15, 0.2) is 0 Å². The zero-order valence-corrected chi connectivity index (χ0v) is 16.2. The normalized spacial score (nSPS) is 11.4. The number of aromatic hydroxyl groups is 1. The average Bonchev–Trinajstić information content (AvgIpc) is 3.43. The third kappa shape index (κ3) is 2.91. The molecule has 5 heterocycles. The van der Waals surface area contributed by atoms with Gasteiger partial charge < -0.3 is 10.1 Å². The number of aromatic nitrogens is 6. The lowest BCUT2D eigenvalue weighted by Gasteiger charge is -2.02. The Balaban J connectivity index is 1.51. The first-order valence-electron chi connectivity index (χ1n) is 9.79. The Kier molecular flexibility index (Phi) is 3.79. The summed E-state index contributed by atoms with van der Waals surface area (Å²) >= 11 is 0. The predicted molar refractivity (Wildman–Crippen MR) is 119 cm³/mol. The summed E-state index contributed by atoms with van der Waals surface area (Å²) in [6, 6.07) is 19.6. The summed E-state index contributed by atoms with van der Waals surface area (Å²) in [5, 5.41) is 18.4. The molecule has 7 heteroatoms. The van der Waals surface area contributed by atoms with Crippen LogP contribution in [0.2, 0.25) is 0 Å². The lowest BCUT2D eigenvalue weighted by atomic mass is 10.1.